The molecule has 20 heavy (non-hydrogen) atoms. The normalized spacial score (nSPS) is 10.9. The Morgan fingerprint density at radius 1 is 1.15 bits per heavy atom. The summed E-state index contributed by atoms with van der Waals surface area (Å²) in [6, 6.07) is 12.6. The van der Waals surface area contributed by atoms with E-state index in [1.165, 1.54) is 0 Å². The fourth-order valence-electron chi connectivity index (χ4n) is 2.45. The van der Waals surface area contributed by atoms with Crippen LogP contribution < -0.4 is 0 Å². The minimum absolute atomic E-state index is 0.284. The van der Waals surface area contributed by atoms with Crippen molar-refractivity contribution in [2.45, 2.75) is 6.92 Å². The highest BCUT2D eigenvalue weighted by Crippen LogP contribution is 2.33. The van der Waals surface area contributed by atoms with Gasteiger partial charge < -0.3 is 10.1 Å². The molecule has 0 aliphatic heterocycles. The van der Waals surface area contributed by atoms with Crippen molar-refractivity contribution < 1.29 is 9.90 Å². The third kappa shape index (κ3) is 2.06. The summed E-state index contributed by atoms with van der Waals surface area (Å²) in [4.78, 5) is 14.4. The van der Waals surface area contributed by atoms with Crippen LogP contribution in [0.15, 0.2) is 42.5 Å². The van der Waals surface area contributed by atoms with Crippen LogP contribution in [0.25, 0.3) is 22.0 Å². The molecule has 0 bridgehead atoms. The van der Waals surface area contributed by atoms with Gasteiger partial charge in [-0.05, 0) is 42.8 Å². The van der Waals surface area contributed by atoms with Crippen LogP contribution in [-0.4, -0.2) is 16.1 Å². The molecule has 1 aromatic heterocycles. The van der Waals surface area contributed by atoms with Gasteiger partial charge in [0.25, 0.3) is 0 Å². The summed E-state index contributed by atoms with van der Waals surface area (Å²) in [5.41, 5.74) is 4.24. The monoisotopic (exact) mass is 285 g/mol. The van der Waals surface area contributed by atoms with Crippen molar-refractivity contribution in [2.24, 2.45) is 0 Å². The number of halogens is 1. The molecule has 2 aromatic carbocycles. The quantitative estimate of drug-likeness (QED) is 0.728. The Morgan fingerprint density at radius 2 is 1.85 bits per heavy atom. The van der Waals surface area contributed by atoms with E-state index in [1.807, 2.05) is 31.2 Å². The smallest absolute Gasteiger partial charge is 0.335 e. The van der Waals surface area contributed by atoms with Gasteiger partial charge >= 0.3 is 5.97 Å². The van der Waals surface area contributed by atoms with E-state index >= 15 is 0 Å². The first-order valence-corrected chi connectivity index (χ1v) is 6.55. The maximum Gasteiger partial charge on any atom is 0.335 e. The van der Waals surface area contributed by atoms with Gasteiger partial charge in [-0.3, -0.25) is 0 Å². The van der Waals surface area contributed by atoms with Crippen LogP contribution in [0.1, 0.15) is 16.1 Å². The average molecular weight is 286 g/mol. The molecule has 3 rings (SSSR count). The fraction of sp³-hybridized carbons (Fsp3) is 0.0625. The fourth-order valence-corrected chi connectivity index (χ4v) is 2.57. The van der Waals surface area contributed by atoms with E-state index in [0.29, 0.717) is 5.02 Å². The summed E-state index contributed by atoms with van der Waals surface area (Å²) >= 11 is 5.91. The number of fused-ring (bicyclic) bond motifs is 1. The molecule has 4 heteroatoms. The number of aromatic nitrogens is 1. The van der Waals surface area contributed by atoms with Crippen LogP contribution in [0.2, 0.25) is 5.02 Å². The highest BCUT2D eigenvalue weighted by molar-refractivity contribution is 6.30. The molecule has 0 aliphatic rings. The van der Waals surface area contributed by atoms with Crippen molar-refractivity contribution in [3.63, 3.8) is 0 Å². The molecule has 0 unspecified atom stereocenters. The molecule has 2 N–H and O–H groups in total. The van der Waals surface area contributed by atoms with Crippen molar-refractivity contribution in [3.05, 3.63) is 58.7 Å². The molecule has 0 fully saturated rings. The lowest BCUT2D eigenvalue weighted by atomic mass is 10.0. The number of hydrogen-bond acceptors (Lipinski definition) is 1. The lowest BCUT2D eigenvalue weighted by Crippen LogP contribution is -1.94. The first-order chi connectivity index (χ1) is 9.56. The zero-order valence-electron chi connectivity index (χ0n) is 10.8. The van der Waals surface area contributed by atoms with E-state index in [9.17, 15) is 4.79 Å². The Labute approximate surface area is 120 Å². The standard InChI is InChI=1S/C16H12ClNO2/c1-9-15(10-2-5-12(17)6-3-10)13-8-11(16(19)20)4-7-14(13)18-9/h2-8,18H,1H3,(H,19,20). The summed E-state index contributed by atoms with van der Waals surface area (Å²) in [6.45, 7) is 1.98. The third-order valence-electron chi connectivity index (χ3n) is 3.37. The van der Waals surface area contributed by atoms with Gasteiger partial charge in [-0.25, -0.2) is 4.79 Å². The highest BCUT2D eigenvalue weighted by Gasteiger charge is 2.13. The van der Waals surface area contributed by atoms with Gasteiger partial charge in [-0.2, -0.15) is 0 Å². The Balaban J connectivity index is 2.28. The Hall–Kier alpha value is -2.26. The van der Waals surface area contributed by atoms with Crippen LogP contribution in [0, 0.1) is 6.92 Å². The Bertz CT molecular complexity index is 803. The van der Waals surface area contributed by atoms with Crippen molar-refractivity contribution in [1.29, 1.82) is 0 Å². The molecule has 0 radical (unpaired) electrons. The summed E-state index contributed by atoms with van der Waals surface area (Å²) < 4.78 is 0. The van der Waals surface area contributed by atoms with Gasteiger partial charge in [0.1, 0.15) is 0 Å². The number of H-pyrrole nitrogens is 1. The van der Waals surface area contributed by atoms with Gasteiger partial charge in [0.2, 0.25) is 0 Å². The minimum Gasteiger partial charge on any atom is -0.478 e. The zero-order valence-corrected chi connectivity index (χ0v) is 11.5. The van der Waals surface area contributed by atoms with Crippen molar-refractivity contribution in [2.75, 3.05) is 0 Å². The van der Waals surface area contributed by atoms with E-state index in [2.05, 4.69) is 4.98 Å². The highest BCUT2D eigenvalue weighted by atomic mass is 35.5. The number of nitrogens with one attached hydrogen (secondary N) is 1. The molecule has 100 valence electrons. The number of carboxylic acids is 1. The predicted octanol–water partition coefficient (Wildman–Crippen LogP) is 4.49. The number of hydrogen-bond donors (Lipinski definition) is 2. The first kappa shape index (κ1) is 12.8. The predicted molar refractivity (Wildman–Crippen MR) is 80.4 cm³/mol. The second-order valence-corrected chi connectivity index (χ2v) is 5.13. The van der Waals surface area contributed by atoms with Crippen LogP contribution >= 0.6 is 11.6 Å². The van der Waals surface area contributed by atoms with Crippen LogP contribution in [0.4, 0.5) is 0 Å². The third-order valence-corrected chi connectivity index (χ3v) is 3.62. The SMILES string of the molecule is Cc1[nH]c2ccc(C(=O)O)cc2c1-c1ccc(Cl)cc1. The van der Waals surface area contributed by atoms with E-state index in [0.717, 1.165) is 27.7 Å². The lowest BCUT2D eigenvalue weighted by molar-refractivity contribution is 0.0697. The Kier molecular flexibility index (Phi) is 2.99. The number of rotatable bonds is 2. The number of aromatic carboxylic acids is 1. The molecule has 0 amide bonds. The summed E-state index contributed by atoms with van der Waals surface area (Å²) in [6.07, 6.45) is 0. The van der Waals surface area contributed by atoms with Gasteiger partial charge in [-0.1, -0.05) is 23.7 Å². The molecular formula is C16H12ClNO2. The zero-order chi connectivity index (χ0) is 14.3. The molecule has 0 atom stereocenters. The second-order valence-electron chi connectivity index (χ2n) is 4.70. The first-order valence-electron chi connectivity index (χ1n) is 6.18. The molecule has 3 aromatic rings. The largest absolute Gasteiger partial charge is 0.478 e. The maximum absolute atomic E-state index is 11.1. The van der Waals surface area contributed by atoms with E-state index in [-0.39, 0.29) is 5.56 Å². The van der Waals surface area contributed by atoms with Gasteiger partial charge in [-0.15, -0.1) is 0 Å². The number of carboxylic acid groups (broad SMARTS) is 1. The number of aryl methyl sites for hydroxylation is 1. The number of aromatic amines is 1. The number of carbonyl (C=O) groups is 1. The van der Waals surface area contributed by atoms with Crippen molar-refractivity contribution in [3.8, 4) is 11.1 Å². The van der Waals surface area contributed by atoms with E-state index in [1.54, 1.807) is 18.2 Å². The summed E-state index contributed by atoms with van der Waals surface area (Å²) in [5.74, 6) is -0.923. The number of benzene rings is 2. The van der Waals surface area contributed by atoms with Gasteiger partial charge in [0.15, 0.2) is 0 Å². The topological polar surface area (TPSA) is 53.1 Å². The molecular weight excluding hydrogens is 274 g/mol. The molecule has 0 spiro atoms. The molecule has 1 heterocycles. The lowest BCUT2D eigenvalue weighted by Gasteiger charge is -2.03. The summed E-state index contributed by atoms with van der Waals surface area (Å²) in [5, 5.41) is 10.7. The average Bonchev–Trinajstić information content (AvgIpc) is 2.75. The molecule has 0 saturated heterocycles. The second kappa shape index (κ2) is 4.69. The van der Waals surface area contributed by atoms with Gasteiger partial charge in [0, 0.05) is 27.2 Å². The van der Waals surface area contributed by atoms with Crippen molar-refractivity contribution in [1.82, 2.24) is 4.98 Å². The van der Waals surface area contributed by atoms with E-state index < -0.39 is 5.97 Å². The van der Waals surface area contributed by atoms with E-state index in [4.69, 9.17) is 16.7 Å². The summed E-state index contributed by atoms with van der Waals surface area (Å²) in [7, 11) is 0. The molecule has 0 aliphatic carbocycles. The Morgan fingerprint density at radius 3 is 2.50 bits per heavy atom. The maximum atomic E-state index is 11.1. The van der Waals surface area contributed by atoms with Crippen LogP contribution in [-0.2, 0) is 0 Å². The van der Waals surface area contributed by atoms with Crippen LogP contribution in [0.5, 0.6) is 0 Å². The minimum atomic E-state index is -0.923. The van der Waals surface area contributed by atoms with Crippen molar-refractivity contribution >= 4 is 28.5 Å². The molecule has 0 saturated carbocycles. The van der Waals surface area contributed by atoms with Gasteiger partial charge in [0.05, 0.1) is 5.56 Å². The molecule has 3 nitrogen and oxygen atoms in total. The van der Waals surface area contributed by atoms with Crippen LogP contribution in [0.3, 0.4) is 0 Å².